The fourth-order valence-corrected chi connectivity index (χ4v) is 1.45. The van der Waals surface area contributed by atoms with Crippen molar-refractivity contribution in [1.29, 1.82) is 0 Å². The van der Waals surface area contributed by atoms with Crippen LogP contribution in [0.4, 0.5) is 0 Å². The van der Waals surface area contributed by atoms with Crippen LogP contribution in [-0.4, -0.2) is 78.1 Å². The number of carboxylic acid groups (broad SMARTS) is 4. The predicted molar refractivity (Wildman–Crippen MR) is 67.5 cm³/mol. The van der Waals surface area contributed by atoms with E-state index in [0.717, 1.165) is 9.80 Å². The maximum absolute atomic E-state index is 10.5. The van der Waals surface area contributed by atoms with Crippen LogP contribution in [0.3, 0.4) is 0 Å². The fourth-order valence-electron chi connectivity index (χ4n) is 1.45. The molecule has 0 amide bonds. The van der Waals surface area contributed by atoms with Gasteiger partial charge in [-0.2, -0.15) is 0 Å². The average molecular weight is 389 g/mol. The minimum absolute atomic E-state index is 0. The van der Waals surface area contributed by atoms with E-state index >= 15 is 0 Å². The topological polar surface area (TPSA) is 237 Å². The molecule has 0 aromatic heterocycles. The van der Waals surface area contributed by atoms with E-state index in [0.29, 0.717) is 0 Å². The first-order valence-electron chi connectivity index (χ1n) is 5.46. The second kappa shape index (κ2) is 15.1. The van der Waals surface area contributed by atoms with Gasteiger partial charge in [0.2, 0.25) is 0 Å². The molecule has 0 saturated heterocycles. The van der Waals surface area contributed by atoms with E-state index in [9.17, 15) is 34.5 Å². The molecule has 140 valence electrons. The third-order valence-electron chi connectivity index (χ3n) is 2.15. The van der Waals surface area contributed by atoms with Crippen molar-refractivity contribution < 1.29 is 56.7 Å². The first kappa shape index (κ1) is 29.3. The Morgan fingerprint density at radius 2 is 0.957 bits per heavy atom. The van der Waals surface area contributed by atoms with Crippen molar-refractivity contribution >= 4 is 23.9 Å². The molecule has 0 aliphatic heterocycles. The number of carboxylic acids is 4. The number of rotatable bonds is 11. The van der Waals surface area contributed by atoms with Crippen molar-refractivity contribution in [3.05, 3.63) is 0 Å². The zero-order valence-electron chi connectivity index (χ0n) is 12.7. The molecule has 0 atom stereocenters. The maximum Gasteiger partial charge on any atom is 1.00 e. The first-order chi connectivity index (χ1) is 9.20. The molecule has 23 heavy (non-hydrogen) atoms. The molecule has 0 aliphatic rings. The van der Waals surface area contributed by atoms with Crippen molar-refractivity contribution in [3.63, 3.8) is 0 Å². The fraction of sp³-hybridized carbons (Fsp3) is 0.600. The number of nitrogens with zero attached hydrogens (tertiary/aromatic N) is 2. The third-order valence-corrected chi connectivity index (χ3v) is 2.15. The molecule has 9 N–H and O–H groups in total. The van der Waals surface area contributed by atoms with Crippen LogP contribution >= 0.6 is 0 Å². The summed E-state index contributed by atoms with van der Waals surface area (Å²) >= 11 is 0. The Morgan fingerprint density at radius 3 is 1.17 bits per heavy atom. The summed E-state index contributed by atoms with van der Waals surface area (Å²) in [5, 5.41) is 39.8. The quantitative estimate of drug-likeness (QED) is 0.284. The normalized spacial score (nSPS) is 9.30. The van der Waals surface area contributed by atoms with E-state index in [-0.39, 0.29) is 42.5 Å². The maximum atomic E-state index is 10.5. The van der Waals surface area contributed by atoms with Crippen LogP contribution in [0, 0.1) is 0 Å². The van der Waals surface area contributed by atoms with Gasteiger partial charge >= 0.3 is 23.0 Å². The van der Waals surface area contributed by atoms with Gasteiger partial charge in [-0.25, -0.2) is 0 Å². The van der Waals surface area contributed by atoms with Crippen molar-refractivity contribution in [2.75, 3.05) is 39.3 Å². The second-order valence-electron chi connectivity index (χ2n) is 3.93. The van der Waals surface area contributed by atoms with Crippen LogP contribution < -0.4 is 27.6 Å². The van der Waals surface area contributed by atoms with Gasteiger partial charge in [0.05, 0.1) is 24.5 Å². The minimum atomic E-state index is -1.52. The Morgan fingerprint density at radius 1 is 0.696 bits per heavy atom. The molecule has 0 bridgehead atoms. The number of hydrogen-bond acceptors (Lipinski definition) is 9. The van der Waals surface area contributed by atoms with E-state index in [4.69, 9.17) is 5.11 Å². The molecule has 0 aromatic carbocycles. The standard InChI is InChI=1S/C10H16N2O8.Cu.2H3N/c13-7(14)3-11(4-8(15)16)1-2-12(5-9(17)18)6-10(19)20;;;/h1-6H2,(H,13,14)(H,15,16)(H,17,18)(H,19,20);;2*1H3/q;+1;;/p-1. The van der Waals surface area contributed by atoms with Gasteiger partial charge < -0.3 is 47.1 Å². The number of hydrogen-bond donors (Lipinski definition) is 3. The zero-order valence-corrected chi connectivity index (χ0v) is 13.7. The van der Waals surface area contributed by atoms with Gasteiger partial charge in [0, 0.05) is 32.7 Å². The van der Waals surface area contributed by atoms with Gasteiger partial charge in [0.1, 0.15) is 0 Å². The summed E-state index contributed by atoms with van der Waals surface area (Å²) in [6.45, 7) is -3.00. The zero-order chi connectivity index (χ0) is 15.7. The van der Waals surface area contributed by atoms with Crippen LogP contribution in [0.25, 0.3) is 0 Å². The third kappa shape index (κ3) is 18.2. The van der Waals surface area contributed by atoms with Crippen molar-refractivity contribution in [2.45, 2.75) is 0 Å². The second-order valence-corrected chi connectivity index (χ2v) is 3.93. The average Bonchev–Trinajstić information content (AvgIpc) is 2.22. The number of aliphatic carboxylic acids is 4. The van der Waals surface area contributed by atoms with E-state index < -0.39 is 50.1 Å². The number of carbonyl (C=O) groups is 4. The molecule has 0 unspecified atom stereocenters. The molecule has 0 fully saturated rings. The molecule has 0 saturated carbocycles. The SMILES string of the molecule is O=C([O-])CN(CCN(CC(=O)[O-])CC(=O)O)CC(=O)[O-].[Cu+].[NH4+].[NH4+]. The summed E-state index contributed by atoms with van der Waals surface area (Å²) in [6.07, 6.45) is 0. The van der Waals surface area contributed by atoms with E-state index in [1.165, 1.54) is 0 Å². The summed E-state index contributed by atoms with van der Waals surface area (Å²) in [5.74, 6) is -5.82. The van der Waals surface area contributed by atoms with Gasteiger partial charge in [0.15, 0.2) is 0 Å². The Labute approximate surface area is 142 Å². The van der Waals surface area contributed by atoms with Crippen molar-refractivity contribution in [3.8, 4) is 0 Å². The van der Waals surface area contributed by atoms with Crippen LogP contribution in [-0.2, 0) is 36.2 Å². The Kier molecular flexibility index (Phi) is 19.3. The largest absolute Gasteiger partial charge is 1.00 e. The van der Waals surface area contributed by atoms with E-state index in [2.05, 4.69) is 0 Å². The molecule has 0 heterocycles. The Balaban J connectivity index is -0.000000602. The molecule has 13 heteroatoms. The molecule has 0 rings (SSSR count). The first-order valence-corrected chi connectivity index (χ1v) is 5.46. The van der Waals surface area contributed by atoms with Gasteiger partial charge in [0.25, 0.3) is 0 Å². The van der Waals surface area contributed by atoms with Crippen LogP contribution in [0.1, 0.15) is 0 Å². The molecule has 12 nitrogen and oxygen atoms in total. The number of quaternary nitrogens is 2. The van der Waals surface area contributed by atoms with Gasteiger partial charge in [-0.05, 0) is 0 Å². The summed E-state index contributed by atoms with van der Waals surface area (Å²) in [6, 6.07) is 0. The number of carbonyl (C=O) groups excluding carboxylic acids is 3. The summed E-state index contributed by atoms with van der Waals surface area (Å²) in [7, 11) is 0. The summed E-state index contributed by atoms with van der Waals surface area (Å²) in [4.78, 5) is 43.7. The van der Waals surface area contributed by atoms with Crippen LogP contribution in [0.2, 0.25) is 0 Å². The van der Waals surface area contributed by atoms with Gasteiger partial charge in [-0.3, -0.25) is 14.6 Å². The molecule has 0 spiro atoms. The molecular formula is C10H21CuN4O8. The Hall–Kier alpha value is -1.76. The molecule has 0 radical (unpaired) electrons. The van der Waals surface area contributed by atoms with Crippen molar-refractivity contribution in [1.82, 2.24) is 22.1 Å². The summed E-state index contributed by atoms with van der Waals surface area (Å²) in [5.41, 5.74) is 0. The van der Waals surface area contributed by atoms with Crippen LogP contribution in [0.5, 0.6) is 0 Å². The Bertz CT molecular complexity index is 327. The van der Waals surface area contributed by atoms with E-state index in [1.807, 2.05) is 0 Å². The van der Waals surface area contributed by atoms with Crippen molar-refractivity contribution in [2.24, 2.45) is 0 Å². The van der Waals surface area contributed by atoms with Gasteiger partial charge in [-0.15, -0.1) is 0 Å². The minimum Gasteiger partial charge on any atom is -0.549 e. The van der Waals surface area contributed by atoms with E-state index in [1.54, 1.807) is 0 Å². The molecule has 0 aromatic rings. The van der Waals surface area contributed by atoms with Crippen LogP contribution in [0.15, 0.2) is 0 Å². The summed E-state index contributed by atoms with van der Waals surface area (Å²) < 4.78 is 0. The predicted octanol–water partition coefficient (Wildman–Crippen LogP) is -5.33. The molecular weight excluding hydrogens is 368 g/mol. The monoisotopic (exact) mass is 388 g/mol. The smallest absolute Gasteiger partial charge is 0.549 e. The van der Waals surface area contributed by atoms with Gasteiger partial charge in [-0.1, -0.05) is 0 Å². The molecule has 0 aliphatic carbocycles.